The Hall–Kier alpha value is -2.54. The summed E-state index contributed by atoms with van der Waals surface area (Å²) in [4.78, 5) is 13.0. The Balaban J connectivity index is 1.64. The minimum Gasteiger partial charge on any atom is -0.321 e. The van der Waals surface area contributed by atoms with Gasteiger partial charge in [0.05, 0.1) is 21.3 Å². The summed E-state index contributed by atoms with van der Waals surface area (Å²) in [5, 5.41) is 3.58. The third-order valence-corrected chi connectivity index (χ3v) is 7.48. The predicted molar refractivity (Wildman–Crippen MR) is 120 cm³/mol. The molecule has 1 aliphatic heterocycles. The van der Waals surface area contributed by atoms with Crippen molar-refractivity contribution in [1.29, 1.82) is 0 Å². The van der Waals surface area contributed by atoms with Crippen LogP contribution in [0.4, 0.5) is 11.4 Å². The van der Waals surface area contributed by atoms with Crippen LogP contribution in [0.3, 0.4) is 0 Å². The number of rotatable bonds is 4. The van der Waals surface area contributed by atoms with Gasteiger partial charge in [-0.3, -0.25) is 9.10 Å². The molecule has 5 nitrogen and oxygen atoms in total. The minimum absolute atomic E-state index is 0.238. The number of hydrogen-bond donors (Lipinski definition) is 1. The highest BCUT2D eigenvalue weighted by atomic mass is 35.5. The normalized spacial score (nSPS) is 15.7. The summed E-state index contributed by atoms with van der Waals surface area (Å²) in [6.45, 7) is 1.85. The van der Waals surface area contributed by atoms with Crippen molar-refractivity contribution in [3.63, 3.8) is 0 Å². The van der Waals surface area contributed by atoms with Gasteiger partial charge in [0.2, 0.25) is 0 Å². The second-order valence-electron chi connectivity index (χ2n) is 7.09. The zero-order chi connectivity index (χ0) is 21.5. The van der Waals surface area contributed by atoms with Crippen LogP contribution in [0.1, 0.15) is 22.8 Å². The maximum absolute atomic E-state index is 13.2. The molecule has 0 bridgehead atoms. The van der Waals surface area contributed by atoms with Crippen molar-refractivity contribution in [3.05, 3.63) is 87.9 Å². The predicted octanol–water partition coefficient (Wildman–Crippen LogP) is 5.39. The van der Waals surface area contributed by atoms with Crippen molar-refractivity contribution in [2.45, 2.75) is 24.3 Å². The number of hydrogen-bond acceptors (Lipinski definition) is 3. The second-order valence-corrected chi connectivity index (χ2v) is 9.75. The van der Waals surface area contributed by atoms with Gasteiger partial charge in [0.15, 0.2) is 0 Å². The Kier molecular flexibility index (Phi) is 5.49. The first-order valence-corrected chi connectivity index (χ1v) is 11.5. The van der Waals surface area contributed by atoms with Crippen LogP contribution in [0.5, 0.6) is 0 Å². The van der Waals surface area contributed by atoms with Crippen LogP contribution in [-0.2, 0) is 16.4 Å². The highest BCUT2D eigenvalue weighted by Crippen LogP contribution is 2.37. The van der Waals surface area contributed by atoms with Crippen molar-refractivity contribution >= 4 is 50.5 Å². The van der Waals surface area contributed by atoms with Crippen molar-refractivity contribution in [1.82, 2.24) is 0 Å². The van der Waals surface area contributed by atoms with Crippen molar-refractivity contribution in [2.24, 2.45) is 0 Å². The van der Waals surface area contributed by atoms with Gasteiger partial charge < -0.3 is 5.32 Å². The summed E-state index contributed by atoms with van der Waals surface area (Å²) in [6, 6.07) is 17.9. The van der Waals surface area contributed by atoms with Gasteiger partial charge in [0, 0.05) is 16.6 Å². The monoisotopic (exact) mass is 460 g/mol. The highest BCUT2D eigenvalue weighted by molar-refractivity contribution is 7.92. The Morgan fingerprint density at radius 1 is 1.03 bits per heavy atom. The molecule has 1 aliphatic rings. The Labute approximate surface area is 185 Å². The number of nitrogens with zero attached hydrogens (tertiary/aromatic N) is 1. The zero-order valence-corrected chi connectivity index (χ0v) is 18.3. The molecule has 0 aromatic heterocycles. The van der Waals surface area contributed by atoms with Gasteiger partial charge in [-0.1, -0.05) is 41.4 Å². The van der Waals surface area contributed by atoms with Crippen LogP contribution in [0.2, 0.25) is 10.0 Å². The first kappa shape index (κ1) is 20.7. The van der Waals surface area contributed by atoms with Crippen molar-refractivity contribution in [2.75, 3.05) is 9.62 Å². The minimum atomic E-state index is -3.69. The second kappa shape index (κ2) is 7.95. The van der Waals surface area contributed by atoms with E-state index in [2.05, 4.69) is 5.32 Å². The lowest BCUT2D eigenvalue weighted by atomic mass is 10.1. The van der Waals surface area contributed by atoms with Gasteiger partial charge >= 0.3 is 0 Å². The lowest BCUT2D eigenvalue weighted by Crippen LogP contribution is -2.35. The summed E-state index contributed by atoms with van der Waals surface area (Å²) in [5.74, 6) is -0.348. The number of amides is 1. The van der Waals surface area contributed by atoms with Gasteiger partial charge in [-0.2, -0.15) is 0 Å². The van der Waals surface area contributed by atoms with E-state index in [4.69, 9.17) is 23.2 Å². The smallest absolute Gasteiger partial charge is 0.264 e. The van der Waals surface area contributed by atoms with Gasteiger partial charge in [0.25, 0.3) is 15.9 Å². The molecular formula is C22H18Cl2N2O3S. The fraction of sp³-hybridized carbons (Fsp3) is 0.136. The number of halogens is 2. The maximum atomic E-state index is 13.2. The fourth-order valence-corrected chi connectivity index (χ4v) is 5.65. The number of carbonyl (C=O) groups excluding carboxylic acids is 1. The van der Waals surface area contributed by atoms with Gasteiger partial charge in [-0.05, 0) is 67.4 Å². The Morgan fingerprint density at radius 2 is 1.77 bits per heavy atom. The molecule has 0 saturated carbocycles. The molecule has 0 unspecified atom stereocenters. The van der Waals surface area contributed by atoms with Gasteiger partial charge in [-0.25, -0.2) is 8.42 Å². The van der Waals surface area contributed by atoms with E-state index in [-0.39, 0.29) is 16.8 Å². The number of fused-ring (bicyclic) bond motifs is 1. The molecule has 4 rings (SSSR count). The summed E-state index contributed by atoms with van der Waals surface area (Å²) in [5.41, 5.74) is 2.21. The largest absolute Gasteiger partial charge is 0.321 e. The Bertz CT molecular complexity index is 1230. The third kappa shape index (κ3) is 3.78. The average Bonchev–Trinajstić information content (AvgIpc) is 3.07. The van der Waals surface area contributed by atoms with Crippen molar-refractivity contribution in [3.8, 4) is 0 Å². The fourth-order valence-electron chi connectivity index (χ4n) is 3.60. The van der Waals surface area contributed by atoms with Crippen LogP contribution in [0.25, 0.3) is 0 Å². The first-order chi connectivity index (χ1) is 14.3. The highest BCUT2D eigenvalue weighted by Gasteiger charge is 2.36. The standard InChI is InChI=1S/C22H18Cl2N2O3S/c1-14-11-16-12-15(22(27)25-20-13-17(23)8-9-19(20)24)7-10-21(16)26(14)30(28,29)18-5-3-2-4-6-18/h2-10,12-14H,11H2,1H3,(H,25,27)/t14-/m1/s1. The molecular weight excluding hydrogens is 443 g/mol. The molecule has 0 saturated heterocycles. The third-order valence-electron chi connectivity index (χ3n) is 4.97. The van der Waals surface area contributed by atoms with E-state index in [0.717, 1.165) is 5.56 Å². The van der Waals surface area contributed by atoms with E-state index in [0.29, 0.717) is 33.4 Å². The topological polar surface area (TPSA) is 66.5 Å². The lowest BCUT2D eigenvalue weighted by Gasteiger charge is -2.24. The van der Waals surface area contributed by atoms with E-state index < -0.39 is 10.0 Å². The Morgan fingerprint density at radius 3 is 2.50 bits per heavy atom. The number of benzene rings is 3. The zero-order valence-electron chi connectivity index (χ0n) is 16.0. The quantitative estimate of drug-likeness (QED) is 0.567. The molecule has 1 atom stereocenters. The van der Waals surface area contributed by atoms with E-state index in [1.54, 1.807) is 66.7 Å². The lowest BCUT2D eigenvalue weighted by molar-refractivity contribution is 0.102. The SMILES string of the molecule is C[C@@H]1Cc2cc(C(=O)Nc3cc(Cl)ccc3Cl)ccc2N1S(=O)(=O)c1ccccc1. The van der Waals surface area contributed by atoms with E-state index in [1.165, 1.54) is 4.31 Å². The summed E-state index contributed by atoms with van der Waals surface area (Å²) in [6.07, 6.45) is 0.514. The average molecular weight is 461 g/mol. The van der Waals surface area contributed by atoms with Crippen LogP contribution in [-0.4, -0.2) is 20.4 Å². The molecule has 1 amide bonds. The van der Waals surface area contributed by atoms with Crippen LogP contribution in [0.15, 0.2) is 71.6 Å². The van der Waals surface area contributed by atoms with E-state index in [9.17, 15) is 13.2 Å². The molecule has 0 spiro atoms. The number of sulfonamides is 1. The maximum Gasteiger partial charge on any atom is 0.264 e. The molecule has 3 aromatic rings. The number of carbonyl (C=O) groups is 1. The van der Waals surface area contributed by atoms with Crippen LogP contribution < -0.4 is 9.62 Å². The molecule has 0 radical (unpaired) electrons. The molecule has 154 valence electrons. The van der Waals surface area contributed by atoms with E-state index >= 15 is 0 Å². The molecule has 8 heteroatoms. The number of anilines is 2. The van der Waals surface area contributed by atoms with E-state index in [1.807, 2.05) is 6.92 Å². The molecule has 30 heavy (non-hydrogen) atoms. The molecule has 0 aliphatic carbocycles. The van der Waals surface area contributed by atoms with Crippen molar-refractivity contribution < 1.29 is 13.2 Å². The van der Waals surface area contributed by atoms with Gasteiger partial charge in [-0.15, -0.1) is 0 Å². The molecule has 3 aromatic carbocycles. The number of nitrogens with one attached hydrogen (secondary N) is 1. The van der Waals surface area contributed by atoms with Crippen LogP contribution >= 0.6 is 23.2 Å². The first-order valence-electron chi connectivity index (χ1n) is 9.26. The van der Waals surface area contributed by atoms with Gasteiger partial charge in [0.1, 0.15) is 0 Å². The molecule has 1 N–H and O–H groups in total. The van der Waals surface area contributed by atoms with Crippen LogP contribution in [0, 0.1) is 0 Å². The molecule has 1 heterocycles. The molecule has 0 fully saturated rings. The summed E-state index contributed by atoms with van der Waals surface area (Å²) < 4.78 is 27.7. The summed E-state index contributed by atoms with van der Waals surface area (Å²) in [7, 11) is -3.69. The summed E-state index contributed by atoms with van der Waals surface area (Å²) >= 11 is 12.1.